The first-order chi connectivity index (χ1) is 15.4. The van der Waals surface area contributed by atoms with Crippen molar-refractivity contribution in [3.63, 3.8) is 0 Å². The molecule has 0 bridgehead atoms. The van der Waals surface area contributed by atoms with Gasteiger partial charge in [0.2, 0.25) is 5.95 Å². The summed E-state index contributed by atoms with van der Waals surface area (Å²) < 4.78 is 13.1. The quantitative estimate of drug-likeness (QED) is 0.477. The molecular formula is C21H29ClN8OS. The van der Waals surface area contributed by atoms with Crippen LogP contribution in [0.15, 0.2) is 12.4 Å². The Morgan fingerprint density at radius 2 is 1.84 bits per heavy atom. The number of ether oxygens (including phenoxy) is 1. The number of methoxy groups -OCH3 is 1. The van der Waals surface area contributed by atoms with Crippen LogP contribution in [-0.4, -0.2) is 46.9 Å². The number of anilines is 1. The van der Waals surface area contributed by atoms with E-state index in [1.54, 1.807) is 19.5 Å². The van der Waals surface area contributed by atoms with Crippen LogP contribution in [0.4, 0.5) is 5.95 Å². The number of hydrogen-bond donors (Lipinski definition) is 1. The van der Waals surface area contributed by atoms with E-state index in [-0.39, 0.29) is 17.4 Å². The van der Waals surface area contributed by atoms with Crippen molar-refractivity contribution < 1.29 is 4.74 Å². The van der Waals surface area contributed by atoms with E-state index in [1.807, 2.05) is 11.7 Å². The molecule has 0 spiro atoms. The predicted molar refractivity (Wildman–Crippen MR) is 127 cm³/mol. The highest BCUT2D eigenvalue weighted by molar-refractivity contribution is 8.01. The van der Waals surface area contributed by atoms with Crippen LogP contribution < -0.4 is 4.72 Å². The Morgan fingerprint density at radius 1 is 1.12 bits per heavy atom. The smallest absolute Gasteiger partial charge is 0.235 e. The summed E-state index contributed by atoms with van der Waals surface area (Å²) in [6.45, 7) is 6.30. The third-order valence-corrected chi connectivity index (χ3v) is 6.81. The second-order valence-electron chi connectivity index (χ2n) is 8.26. The van der Waals surface area contributed by atoms with Crippen LogP contribution in [0.1, 0.15) is 62.8 Å². The zero-order valence-corrected chi connectivity index (χ0v) is 20.6. The second-order valence-corrected chi connectivity index (χ2v) is 9.88. The molecule has 32 heavy (non-hydrogen) atoms. The van der Waals surface area contributed by atoms with Crippen LogP contribution in [0.2, 0.25) is 5.02 Å². The summed E-state index contributed by atoms with van der Waals surface area (Å²) in [5.41, 5.74) is 3.56. The Bertz CT molecular complexity index is 1060. The van der Waals surface area contributed by atoms with Crippen LogP contribution >= 0.6 is 23.5 Å². The van der Waals surface area contributed by atoms with E-state index >= 15 is 0 Å². The summed E-state index contributed by atoms with van der Waals surface area (Å²) in [4.78, 5) is 8.61. The van der Waals surface area contributed by atoms with Gasteiger partial charge in [-0.05, 0) is 58.4 Å². The highest BCUT2D eigenvalue weighted by Crippen LogP contribution is 2.34. The fourth-order valence-corrected chi connectivity index (χ4v) is 5.03. The van der Waals surface area contributed by atoms with Crippen molar-refractivity contribution in [3.05, 3.63) is 34.5 Å². The first-order valence-electron chi connectivity index (χ1n) is 10.8. The number of aryl methyl sites for hydroxylation is 1. The van der Waals surface area contributed by atoms with E-state index in [0.717, 1.165) is 24.4 Å². The van der Waals surface area contributed by atoms with Gasteiger partial charge >= 0.3 is 0 Å². The van der Waals surface area contributed by atoms with Gasteiger partial charge in [0.15, 0.2) is 11.6 Å². The Balaban J connectivity index is 1.56. The lowest BCUT2D eigenvalue weighted by molar-refractivity contribution is 0.0972. The van der Waals surface area contributed by atoms with Gasteiger partial charge in [-0.2, -0.15) is 5.10 Å². The van der Waals surface area contributed by atoms with Crippen molar-refractivity contribution in [1.29, 1.82) is 0 Å². The molecule has 0 saturated heterocycles. The lowest BCUT2D eigenvalue weighted by Gasteiger charge is -2.21. The number of hydrogen-bond acceptors (Lipinski definition) is 8. The molecule has 0 saturated carbocycles. The Morgan fingerprint density at radius 3 is 2.53 bits per heavy atom. The normalized spacial score (nSPS) is 15.6. The van der Waals surface area contributed by atoms with Crippen LogP contribution in [0, 0.1) is 0 Å². The number of rotatable bonds is 8. The summed E-state index contributed by atoms with van der Waals surface area (Å²) >= 11 is 7.42. The number of nitrogens with zero attached hydrogens (tertiary/aromatic N) is 7. The van der Waals surface area contributed by atoms with Crippen molar-refractivity contribution in [3.8, 4) is 11.5 Å². The van der Waals surface area contributed by atoms with E-state index in [0.29, 0.717) is 16.8 Å². The highest BCUT2D eigenvalue weighted by Gasteiger charge is 2.27. The number of fused-ring (bicyclic) bond motifs is 1. The third kappa shape index (κ3) is 4.49. The highest BCUT2D eigenvalue weighted by atomic mass is 35.5. The molecule has 9 nitrogen and oxygen atoms in total. The summed E-state index contributed by atoms with van der Waals surface area (Å²) in [6.07, 6.45) is 7.36. The van der Waals surface area contributed by atoms with Crippen LogP contribution in [0.3, 0.4) is 0 Å². The minimum absolute atomic E-state index is 0.00421. The number of aromatic nitrogens is 7. The average molecular weight is 477 g/mol. The Labute approximate surface area is 197 Å². The van der Waals surface area contributed by atoms with Gasteiger partial charge in [0.25, 0.3) is 0 Å². The van der Waals surface area contributed by atoms with Gasteiger partial charge in [0.1, 0.15) is 11.8 Å². The largest absolute Gasteiger partial charge is 0.372 e. The van der Waals surface area contributed by atoms with Crippen molar-refractivity contribution in [1.82, 2.24) is 34.5 Å². The first-order valence-corrected chi connectivity index (χ1v) is 12.1. The minimum Gasteiger partial charge on any atom is -0.372 e. The molecule has 3 heterocycles. The molecular weight excluding hydrogens is 448 g/mol. The maximum absolute atomic E-state index is 5.92. The van der Waals surface area contributed by atoms with E-state index in [1.165, 1.54) is 36.0 Å². The number of nitrogens with one attached hydrogen (secondary N) is 1. The predicted octanol–water partition coefficient (Wildman–Crippen LogP) is 4.42. The molecule has 0 aromatic carbocycles. The van der Waals surface area contributed by atoms with Gasteiger partial charge in [0, 0.05) is 43.9 Å². The van der Waals surface area contributed by atoms with E-state index in [4.69, 9.17) is 21.4 Å². The van der Waals surface area contributed by atoms with Crippen LogP contribution in [0.5, 0.6) is 0 Å². The summed E-state index contributed by atoms with van der Waals surface area (Å²) in [7, 11) is 3.67. The molecule has 172 valence electrons. The Hall–Kier alpha value is -2.17. The van der Waals surface area contributed by atoms with E-state index in [2.05, 4.69) is 50.2 Å². The molecule has 1 aliphatic carbocycles. The molecule has 4 rings (SSSR count). The fraction of sp³-hybridized carbons (Fsp3) is 0.571. The van der Waals surface area contributed by atoms with Crippen LogP contribution in [-0.2, 0) is 24.6 Å². The van der Waals surface area contributed by atoms with Crippen molar-refractivity contribution in [2.75, 3.05) is 11.8 Å². The summed E-state index contributed by atoms with van der Waals surface area (Å²) in [6, 6.07) is 0.164. The first kappa shape index (κ1) is 23.0. The Kier molecular flexibility index (Phi) is 7.02. The summed E-state index contributed by atoms with van der Waals surface area (Å²) in [5, 5.41) is 14.3. The SMILES string of the molecule is COC(c1ncc(Cl)cn1)C(C)SNc1nnc(-c2nn(C)c3c2CCCC3)n1C(C)C. The molecule has 2 atom stereocenters. The van der Waals surface area contributed by atoms with Gasteiger partial charge in [-0.25, -0.2) is 9.97 Å². The zero-order chi connectivity index (χ0) is 22.8. The minimum atomic E-state index is -0.303. The van der Waals surface area contributed by atoms with Crippen molar-refractivity contribution in [2.24, 2.45) is 7.05 Å². The maximum atomic E-state index is 5.92. The summed E-state index contributed by atoms with van der Waals surface area (Å²) in [5.74, 6) is 2.08. The second kappa shape index (κ2) is 9.76. The van der Waals surface area contributed by atoms with E-state index in [9.17, 15) is 0 Å². The molecule has 1 N–H and O–H groups in total. The van der Waals surface area contributed by atoms with Crippen molar-refractivity contribution >= 4 is 29.5 Å². The molecule has 1 aliphatic rings. The fourth-order valence-electron chi connectivity index (χ4n) is 4.15. The zero-order valence-electron chi connectivity index (χ0n) is 19.0. The molecule has 11 heteroatoms. The molecule has 0 aliphatic heterocycles. The van der Waals surface area contributed by atoms with Gasteiger partial charge in [-0.15, -0.1) is 10.2 Å². The van der Waals surface area contributed by atoms with E-state index < -0.39 is 0 Å². The van der Waals surface area contributed by atoms with Gasteiger partial charge < -0.3 is 4.74 Å². The lowest BCUT2D eigenvalue weighted by Crippen LogP contribution is -2.19. The topological polar surface area (TPSA) is 95.6 Å². The standard InChI is InChI=1S/C21H29ClN8OS/c1-12(2)30-20(17-15-8-6-7-9-16(15)29(4)27-17)25-26-21(30)28-32-13(3)18(31-5)19-23-10-14(22)11-24-19/h10-13,18H,6-9H2,1-5H3,(H,26,28). The third-order valence-electron chi connectivity index (χ3n) is 5.70. The van der Waals surface area contributed by atoms with Gasteiger partial charge in [-0.1, -0.05) is 11.6 Å². The molecule has 0 amide bonds. The molecule has 0 radical (unpaired) electrons. The monoisotopic (exact) mass is 476 g/mol. The van der Waals surface area contributed by atoms with Gasteiger partial charge in [0.05, 0.1) is 10.3 Å². The molecule has 3 aromatic heterocycles. The number of halogens is 1. The molecule has 2 unspecified atom stereocenters. The van der Waals surface area contributed by atoms with Crippen molar-refractivity contribution in [2.45, 2.75) is 63.9 Å². The van der Waals surface area contributed by atoms with Gasteiger partial charge in [-0.3, -0.25) is 14.0 Å². The van der Waals surface area contributed by atoms with Crippen LogP contribution in [0.25, 0.3) is 11.5 Å². The molecule has 3 aromatic rings. The lowest BCUT2D eigenvalue weighted by atomic mass is 9.95. The molecule has 0 fully saturated rings. The average Bonchev–Trinajstić information content (AvgIpc) is 3.35. The maximum Gasteiger partial charge on any atom is 0.235 e.